The molecular formula is C16H14F3N5O. The van der Waals surface area contributed by atoms with Crippen molar-refractivity contribution in [3.63, 3.8) is 0 Å². The van der Waals surface area contributed by atoms with E-state index in [1.54, 1.807) is 0 Å². The number of nitrogens with zero attached hydrogens (tertiary/aromatic N) is 3. The smallest absolute Gasteiger partial charge is 0.316 e. The Bertz CT molecular complexity index is 810. The van der Waals surface area contributed by atoms with Crippen LogP contribution in [-0.2, 0) is 5.92 Å². The van der Waals surface area contributed by atoms with Crippen molar-refractivity contribution < 1.29 is 17.9 Å². The lowest BCUT2D eigenvalue weighted by molar-refractivity contribution is 0.0138. The van der Waals surface area contributed by atoms with Gasteiger partial charge in [-0.25, -0.2) is 23.1 Å². The van der Waals surface area contributed by atoms with Crippen LogP contribution in [-0.4, -0.2) is 16.6 Å². The molecule has 0 saturated carbocycles. The summed E-state index contributed by atoms with van der Waals surface area (Å²) in [6.45, 7) is 0.543. The van der Waals surface area contributed by atoms with E-state index in [9.17, 15) is 13.2 Å². The molecule has 0 amide bonds. The van der Waals surface area contributed by atoms with E-state index >= 15 is 0 Å². The Morgan fingerprint density at radius 3 is 2.68 bits per heavy atom. The first kappa shape index (κ1) is 18.1. The molecule has 2 rings (SSSR count). The standard InChI is InChI=1S/C16H14F3N5O/c1-16(18,19)13-4-12(2-3-14(13)17)22-8-11(21)9-25-15-23-6-10(5-20)7-24-15/h2-4,6-8,22H,9,21H2,1H3/b11-8-. The van der Waals surface area contributed by atoms with Gasteiger partial charge in [0, 0.05) is 18.8 Å². The molecule has 6 nitrogen and oxygen atoms in total. The second-order valence-corrected chi connectivity index (χ2v) is 5.10. The van der Waals surface area contributed by atoms with E-state index in [2.05, 4.69) is 15.3 Å². The van der Waals surface area contributed by atoms with Gasteiger partial charge in [0.05, 0.1) is 29.2 Å². The topological polar surface area (TPSA) is 96.9 Å². The Labute approximate surface area is 141 Å². The summed E-state index contributed by atoms with van der Waals surface area (Å²) < 4.78 is 45.2. The number of hydrogen-bond acceptors (Lipinski definition) is 6. The van der Waals surface area contributed by atoms with Gasteiger partial charge < -0.3 is 15.8 Å². The highest BCUT2D eigenvalue weighted by molar-refractivity contribution is 5.49. The second-order valence-electron chi connectivity index (χ2n) is 5.10. The Morgan fingerprint density at radius 2 is 2.08 bits per heavy atom. The predicted octanol–water partition coefficient (Wildman–Crippen LogP) is 2.89. The van der Waals surface area contributed by atoms with Crippen molar-refractivity contribution >= 4 is 5.69 Å². The number of halogens is 3. The minimum absolute atomic E-state index is 0.0324. The van der Waals surface area contributed by atoms with Gasteiger partial charge in [-0.05, 0) is 18.2 Å². The number of alkyl halides is 2. The average molecular weight is 349 g/mol. The molecule has 0 atom stereocenters. The number of nitriles is 1. The Balaban J connectivity index is 1.98. The van der Waals surface area contributed by atoms with E-state index in [0.717, 1.165) is 12.1 Å². The average Bonchev–Trinajstić information content (AvgIpc) is 2.58. The van der Waals surface area contributed by atoms with Crippen LogP contribution in [0.4, 0.5) is 18.9 Å². The fourth-order valence-corrected chi connectivity index (χ4v) is 1.77. The Morgan fingerprint density at radius 1 is 1.40 bits per heavy atom. The van der Waals surface area contributed by atoms with Gasteiger partial charge in [0.25, 0.3) is 5.92 Å². The Kier molecular flexibility index (Phi) is 5.44. The summed E-state index contributed by atoms with van der Waals surface area (Å²) in [5.74, 6) is -4.29. The zero-order valence-corrected chi connectivity index (χ0v) is 13.1. The minimum atomic E-state index is -3.30. The summed E-state index contributed by atoms with van der Waals surface area (Å²) in [5.41, 5.74) is 5.77. The molecule has 9 heteroatoms. The molecule has 0 aliphatic rings. The van der Waals surface area contributed by atoms with E-state index in [1.165, 1.54) is 24.7 Å². The minimum Gasteiger partial charge on any atom is -0.457 e. The van der Waals surface area contributed by atoms with Crippen molar-refractivity contribution in [3.8, 4) is 12.1 Å². The van der Waals surface area contributed by atoms with Crippen LogP contribution in [0.25, 0.3) is 0 Å². The van der Waals surface area contributed by atoms with Gasteiger partial charge in [-0.15, -0.1) is 0 Å². The lowest BCUT2D eigenvalue weighted by atomic mass is 10.1. The molecule has 1 heterocycles. The fraction of sp³-hybridized carbons (Fsp3) is 0.188. The van der Waals surface area contributed by atoms with Gasteiger partial charge in [0.2, 0.25) is 0 Å². The van der Waals surface area contributed by atoms with Crippen LogP contribution in [0, 0.1) is 17.1 Å². The number of anilines is 1. The molecule has 0 fully saturated rings. The summed E-state index contributed by atoms with van der Waals surface area (Å²) in [6.07, 6.45) is 3.92. The van der Waals surface area contributed by atoms with Crippen molar-refractivity contribution in [2.75, 3.05) is 11.9 Å². The molecule has 130 valence electrons. The molecule has 0 bridgehead atoms. The highest BCUT2D eigenvalue weighted by Gasteiger charge is 2.28. The SMILES string of the molecule is CC(F)(F)c1cc(N/C=C(\N)COc2ncc(C#N)cn2)ccc1F. The molecule has 1 aromatic heterocycles. The molecule has 0 aliphatic heterocycles. The van der Waals surface area contributed by atoms with Crippen molar-refractivity contribution in [2.24, 2.45) is 5.73 Å². The number of aromatic nitrogens is 2. The van der Waals surface area contributed by atoms with E-state index in [1.807, 2.05) is 6.07 Å². The van der Waals surface area contributed by atoms with E-state index < -0.39 is 17.3 Å². The van der Waals surface area contributed by atoms with Crippen LogP contribution in [0.3, 0.4) is 0 Å². The van der Waals surface area contributed by atoms with Crippen LogP contribution >= 0.6 is 0 Å². The summed E-state index contributed by atoms with van der Waals surface area (Å²) >= 11 is 0. The summed E-state index contributed by atoms with van der Waals surface area (Å²) in [4.78, 5) is 7.61. The molecule has 0 unspecified atom stereocenters. The van der Waals surface area contributed by atoms with E-state index in [0.29, 0.717) is 6.92 Å². The zero-order chi connectivity index (χ0) is 18.4. The third kappa shape index (κ3) is 5.10. The second kappa shape index (κ2) is 7.53. The van der Waals surface area contributed by atoms with Gasteiger partial charge in [-0.3, -0.25) is 0 Å². The number of nitrogens with two attached hydrogens (primary N) is 1. The molecule has 0 spiro atoms. The number of nitrogens with one attached hydrogen (secondary N) is 1. The van der Waals surface area contributed by atoms with Crippen LogP contribution in [0.2, 0.25) is 0 Å². The quantitative estimate of drug-likeness (QED) is 0.832. The van der Waals surface area contributed by atoms with Gasteiger partial charge >= 0.3 is 6.01 Å². The molecule has 3 N–H and O–H groups in total. The van der Waals surface area contributed by atoms with Crippen molar-refractivity contribution in [1.82, 2.24) is 9.97 Å². The normalized spacial score (nSPS) is 11.7. The lowest BCUT2D eigenvalue weighted by Gasteiger charge is -2.13. The van der Waals surface area contributed by atoms with Crippen LogP contribution < -0.4 is 15.8 Å². The first-order chi connectivity index (χ1) is 11.8. The maximum Gasteiger partial charge on any atom is 0.316 e. The van der Waals surface area contributed by atoms with Crippen molar-refractivity contribution in [1.29, 1.82) is 5.26 Å². The van der Waals surface area contributed by atoms with Gasteiger partial charge in [-0.2, -0.15) is 5.26 Å². The van der Waals surface area contributed by atoms with E-state index in [4.69, 9.17) is 15.7 Å². The fourth-order valence-electron chi connectivity index (χ4n) is 1.77. The molecule has 0 radical (unpaired) electrons. The Hall–Kier alpha value is -3.28. The third-order valence-electron chi connectivity index (χ3n) is 2.99. The van der Waals surface area contributed by atoms with Gasteiger partial charge in [-0.1, -0.05) is 0 Å². The monoisotopic (exact) mass is 349 g/mol. The first-order valence-electron chi connectivity index (χ1n) is 7.03. The predicted molar refractivity (Wildman–Crippen MR) is 84.1 cm³/mol. The number of benzene rings is 1. The molecule has 0 saturated heterocycles. The summed E-state index contributed by atoms with van der Waals surface area (Å²) in [5, 5.41) is 11.3. The van der Waals surface area contributed by atoms with E-state index in [-0.39, 0.29) is 29.6 Å². The molecule has 1 aromatic carbocycles. The third-order valence-corrected chi connectivity index (χ3v) is 2.99. The van der Waals surface area contributed by atoms with Gasteiger partial charge in [0.1, 0.15) is 18.5 Å². The largest absolute Gasteiger partial charge is 0.457 e. The number of rotatable bonds is 6. The first-order valence-corrected chi connectivity index (χ1v) is 7.03. The molecular weight excluding hydrogens is 335 g/mol. The van der Waals surface area contributed by atoms with Crippen molar-refractivity contribution in [2.45, 2.75) is 12.8 Å². The zero-order valence-electron chi connectivity index (χ0n) is 13.1. The summed E-state index contributed by atoms with van der Waals surface area (Å²) in [6, 6.07) is 5.16. The lowest BCUT2D eigenvalue weighted by Crippen LogP contribution is -2.13. The van der Waals surface area contributed by atoms with Gasteiger partial charge in [0.15, 0.2) is 0 Å². The van der Waals surface area contributed by atoms with Crippen LogP contribution in [0.15, 0.2) is 42.5 Å². The molecule has 0 aliphatic carbocycles. The number of hydrogen-bond donors (Lipinski definition) is 2. The highest BCUT2D eigenvalue weighted by Crippen LogP contribution is 2.31. The maximum atomic E-state index is 13.4. The van der Waals surface area contributed by atoms with Crippen LogP contribution in [0.5, 0.6) is 6.01 Å². The maximum absolute atomic E-state index is 13.4. The summed E-state index contributed by atoms with van der Waals surface area (Å²) in [7, 11) is 0. The van der Waals surface area contributed by atoms with Crippen molar-refractivity contribution in [3.05, 3.63) is 59.4 Å². The molecule has 25 heavy (non-hydrogen) atoms. The highest BCUT2D eigenvalue weighted by atomic mass is 19.3. The molecule has 2 aromatic rings. The number of ether oxygens (including phenoxy) is 1. The van der Waals surface area contributed by atoms with Crippen LogP contribution in [0.1, 0.15) is 18.1 Å².